The maximum atomic E-state index is 12.5. The minimum atomic E-state index is -0.606. The molecular formula is C20H24ClN3O2S. The molecule has 2 amide bonds. The van der Waals surface area contributed by atoms with E-state index in [0.29, 0.717) is 16.4 Å². The maximum Gasteiger partial charge on any atom is 0.261 e. The van der Waals surface area contributed by atoms with Crippen LogP contribution in [0.25, 0.3) is 0 Å². The van der Waals surface area contributed by atoms with Crippen molar-refractivity contribution in [2.24, 2.45) is 0 Å². The lowest BCUT2D eigenvalue weighted by Gasteiger charge is -2.29. The van der Waals surface area contributed by atoms with Crippen LogP contribution >= 0.6 is 22.9 Å². The van der Waals surface area contributed by atoms with Crippen LogP contribution in [0.15, 0.2) is 41.8 Å². The first-order valence-electron chi connectivity index (χ1n) is 9.17. The summed E-state index contributed by atoms with van der Waals surface area (Å²) in [4.78, 5) is 27.6. The molecule has 27 heavy (non-hydrogen) atoms. The van der Waals surface area contributed by atoms with Gasteiger partial charge in [-0.25, -0.2) is 0 Å². The van der Waals surface area contributed by atoms with Crippen molar-refractivity contribution >= 4 is 34.8 Å². The van der Waals surface area contributed by atoms with Crippen LogP contribution in [0.1, 0.15) is 41.0 Å². The van der Waals surface area contributed by atoms with Gasteiger partial charge in [0.25, 0.3) is 5.91 Å². The summed E-state index contributed by atoms with van der Waals surface area (Å²) in [7, 11) is 0. The molecule has 2 unspecified atom stereocenters. The van der Waals surface area contributed by atoms with E-state index < -0.39 is 6.04 Å². The molecule has 2 N–H and O–H groups in total. The van der Waals surface area contributed by atoms with E-state index in [2.05, 4.69) is 15.5 Å². The molecule has 1 fully saturated rings. The number of thiophene rings is 1. The molecule has 1 saturated heterocycles. The second kappa shape index (κ2) is 9.35. The lowest BCUT2D eigenvalue weighted by molar-refractivity contribution is -0.122. The summed E-state index contributed by atoms with van der Waals surface area (Å²) in [5.41, 5.74) is 1.02. The summed E-state index contributed by atoms with van der Waals surface area (Å²) >= 11 is 7.76. The lowest BCUT2D eigenvalue weighted by Crippen LogP contribution is -2.47. The molecule has 1 aliphatic heterocycles. The zero-order chi connectivity index (χ0) is 19.2. The van der Waals surface area contributed by atoms with Crippen molar-refractivity contribution in [3.8, 4) is 0 Å². The third-order valence-corrected chi connectivity index (χ3v) is 6.01. The van der Waals surface area contributed by atoms with Gasteiger partial charge in [-0.05, 0) is 55.9 Å². The van der Waals surface area contributed by atoms with Gasteiger partial charge in [0, 0.05) is 11.6 Å². The van der Waals surface area contributed by atoms with Gasteiger partial charge in [-0.15, -0.1) is 11.3 Å². The molecule has 0 bridgehead atoms. The molecule has 1 aromatic heterocycles. The van der Waals surface area contributed by atoms with E-state index >= 15 is 0 Å². The first-order chi connectivity index (χ1) is 13.1. The van der Waals surface area contributed by atoms with Crippen LogP contribution in [0.4, 0.5) is 0 Å². The number of rotatable bonds is 7. The second-order valence-corrected chi connectivity index (χ2v) is 8.05. The van der Waals surface area contributed by atoms with Gasteiger partial charge in [0.05, 0.1) is 10.9 Å². The first-order valence-corrected chi connectivity index (χ1v) is 10.4. The molecule has 144 valence electrons. The number of benzene rings is 1. The molecule has 5 nitrogen and oxygen atoms in total. The average Bonchev–Trinajstić information content (AvgIpc) is 3.37. The minimum absolute atomic E-state index is 0.0327. The van der Waals surface area contributed by atoms with E-state index in [1.54, 1.807) is 13.0 Å². The van der Waals surface area contributed by atoms with E-state index in [0.717, 1.165) is 31.5 Å². The van der Waals surface area contributed by atoms with Crippen molar-refractivity contribution in [2.45, 2.75) is 31.8 Å². The summed E-state index contributed by atoms with van der Waals surface area (Å²) in [6.07, 6.45) is 2.31. The summed E-state index contributed by atoms with van der Waals surface area (Å²) in [5.74, 6) is -0.425. The number of halogens is 1. The van der Waals surface area contributed by atoms with Crippen LogP contribution in [-0.2, 0) is 4.79 Å². The highest BCUT2D eigenvalue weighted by Crippen LogP contribution is 2.29. The first kappa shape index (κ1) is 19.9. The Morgan fingerprint density at radius 2 is 1.93 bits per heavy atom. The molecular weight excluding hydrogens is 382 g/mol. The molecule has 0 radical (unpaired) electrons. The molecule has 2 heterocycles. The smallest absolute Gasteiger partial charge is 0.261 e. The monoisotopic (exact) mass is 405 g/mol. The third kappa shape index (κ3) is 5.09. The number of amides is 2. The molecule has 3 rings (SSSR count). The van der Waals surface area contributed by atoms with Crippen molar-refractivity contribution in [2.75, 3.05) is 19.6 Å². The second-order valence-electron chi connectivity index (χ2n) is 6.70. The number of nitrogens with zero attached hydrogens (tertiary/aromatic N) is 1. The molecule has 0 saturated carbocycles. The number of hydrogen-bond donors (Lipinski definition) is 2. The standard InChI is InChI=1S/C20H24ClN3O2S/c1-14(23-20(26)18-9-6-12-27-18)19(25)22-13-17(24-10-4-5-11-24)15-7-2-3-8-16(15)21/h2-3,6-9,12,14,17H,4-5,10-11,13H2,1H3,(H,22,25)(H,23,26). The zero-order valence-corrected chi connectivity index (χ0v) is 16.9. The van der Waals surface area contributed by atoms with Crippen LogP contribution in [0.3, 0.4) is 0 Å². The van der Waals surface area contributed by atoms with Crippen molar-refractivity contribution in [3.05, 3.63) is 57.2 Å². The Balaban J connectivity index is 1.61. The van der Waals surface area contributed by atoms with Gasteiger partial charge in [-0.3, -0.25) is 14.5 Å². The lowest BCUT2D eigenvalue weighted by atomic mass is 10.1. The topological polar surface area (TPSA) is 61.4 Å². The van der Waals surface area contributed by atoms with Crippen LogP contribution in [0, 0.1) is 0 Å². The molecule has 0 aliphatic carbocycles. The minimum Gasteiger partial charge on any atom is -0.352 e. The normalized spacial score (nSPS) is 16.7. The van der Waals surface area contributed by atoms with Crippen molar-refractivity contribution < 1.29 is 9.59 Å². The number of carbonyl (C=O) groups excluding carboxylic acids is 2. The quantitative estimate of drug-likeness (QED) is 0.741. The maximum absolute atomic E-state index is 12.5. The Labute approximate surface area is 168 Å². The molecule has 1 aromatic carbocycles. The highest BCUT2D eigenvalue weighted by molar-refractivity contribution is 7.12. The number of hydrogen-bond acceptors (Lipinski definition) is 4. The predicted octanol–water partition coefficient (Wildman–Crippen LogP) is 3.47. The van der Waals surface area contributed by atoms with Gasteiger partial charge < -0.3 is 10.6 Å². The van der Waals surface area contributed by atoms with Gasteiger partial charge in [-0.2, -0.15) is 0 Å². The average molecular weight is 406 g/mol. The largest absolute Gasteiger partial charge is 0.352 e. The highest BCUT2D eigenvalue weighted by atomic mass is 35.5. The molecule has 1 aliphatic rings. The molecule has 2 aromatic rings. The van der Waals surface area contributed by atoms with Crippen LogP contribution in [-0.4, -0.2) is 42.4 Å². The zero-order valence-electron chi connectivity index (χ0n) is 15.3. The number of likely N-dealkylation sites (tertiary alicyclic amines) is 1. The fourth-order valence-electron chi connectivity index (χ4n) is 3.33. The van der Waals surface area contributed by atoms with Crippen LogP contribution in [0.5, 0.6) is 0 Å². The predicted molar refractivity (Wildman–Crippen MR) is 109 cm³/mol. The Hall–Kier alpha value is -1.89. The van der Waals surface area contributed by atoms with Gasteiger partial charge >= 0.3 is 0 Å². The fourth-order valence-corrected chi connectivity index (χ4v) is 4.21. The third-order valence-electron chi connectivity index (χ3n) is 4.80. The van der Waals surface area contributed by atoms with Gasteiger partial charge in [0.2, 0.25) is 5.91 Å². The van der Waals surface area contributed by atoms with Gasteiger partial charge in [0.1, 0.15) is 6.04 Å². The van der Waals surface area contributed by atoms with Gasteiger partial charge in [0.15, 0.2) is 0 Å². The summed E-state index contributed by atoms with van der Waals surface area (Å²) in [6.45, 7) is 4.15. The molecule has 2 atom stereocenters. The van der Waals surface area contributed by atoms with E-state index in [-0.39, 0.29) is 17.9 Å². The Morgan fingerprint density at radius 3 is 2.59 bits per heavy atom. The molecule has 7 heteroatoms. The summed E-state index contributed by atoms with van der Waals surface area (Å²) in [6, 6.07) is 10.8. The highest BCUT2D eigenvalue weighted by Gasteiger charge is 2.26. The van der Waals surface area contributed by atoms with E-state index in [9.17, 15) is 9.59 Å². The summed E-state index contributed by atoms with van der Waals surface area (Å²) < 4.78 is 0. The van der Waals surface area contributed by atoms with E-state index in [4.69, 9.17) is 11.6 Å². The van der Waals surface area contributed by atoms with Crippen molar-refractivity contribution in [1.82, 2.24) is 15.5 Å². The van der Waals surface area contributed by atoms with Gasteiger partial charge in [-0.1, -0.05) is 35.9 Å². The van der Waals surface area contributed by atoms with Crippen molar-refractivity contribution in [3.63, 3.8) is 0 Å². The Bertz CT molecular complexity index is 775. The Morgan fingerprint density at radius 1 is 1.19 bits per heavy atom. The fraction of sp³-hybridized carbons (Fsp3) is 0.400. The van der Waals surface area contributed by atoms with Crippen LogP contribution < -0.4 is 10.6 Å². The van der Waals surface area contributed by atoms with E-state index in [1.165, 1.54) is 11.3 Å². The van der Waals surface area contributed by atoms with Crippen LogP contribution in [0.2, 0.25) is 5.02 Å². The van der Waals surface area contributed by atoms with Crippen molar-refractivity contribution in [1.29, 1.82) is 0 Å². The summed E-state index contributed by atoms with van der Waals surface area (Å²) in [5, 5.41) is 8.28. The Kier molecular flexibility index (Phi) is 6.88. The molecule has 0 spiro atoms. The number of nitrogens with one attached hydrogen (secondary N) is 2. The SMILES string of the molecule is CC(NC(=O)c1cccs1)C(=O)NCC(c1ccccc1Cl)N1CCCC1. The number of carbonyl (C=O) groups is 2. The van der Waals surface area contributed by atoms with E-state index in [1.807, 2.05) is 35.7 Å².